The van der Waals surface area contributed by atoms with Crippen molar-refractivity contribution in [3.63, 3.8) is 0 Å². The third-order valence-electron chi connectivity index (χ3n) is 3.86. The molecule has 3 rings (SSSR count). The van der Waals surface area contributed by atoms with Crippen molar-refractivity contribution in [2.45, 2.75) is 6.92 Å². The van der Waals surface area contributed by atoms with Crippen molar-refractivity contribution in [1.82, 2.24) is 10.1 Å². The van der Waals surface area contributed by atoms with Crippen molar-refractivity contribution < 1.29 is 22.4 Å². The lowest BCUT2D eigenvalue weighted by Gasteiger charge is -2.09. The number of nitrogens with one attached hydrogen (secondary N) is 1. The number of anilines is 1. The molecule has 0 aliphatic rings. The van der Waals surface area contributed by atoms with Crippen LogP contribution in [0.3, 0.4) is 0 Å². The molecular formula is C18H19N3O5S. The van der Waals surface area contributed by atoms with E-state index in [2.05, 4.69) is 14.9 Å². The van der Waals surface area contributed by atoms with E-state index in [1.165, 1.54) is 7.11 Å². The van der Waals surface area contributed by atoms with Gasteiger partial charge >= 0.3 is 0 Å². The second-order valence-corrected chi connectivity index (χ2v) is 7.56. The first kappa shape index (κ1) is 18.7. The molecule has 0 aliphatic carbocycles. The fraction of sp³-hybridized carbons (Fsp3) is 0.222. The molecule has 3 aromatic rings. The lowest BCUT2D eigenvalue weighted by molar-refractivity contribution is 0.353. The molecule has 0 fully saturated rings. The average molecular weight is 389 g/mol. The molecule has 9 heteroatoms. The number of benzene rings is 2. The van der Waals surface area contributed by atoms with E-state index in [0.717, 1.165) is 0 Å². The van der Waals surface area contributed by atoms with Gasteiger partial charge in [0, 0.05) is 11.3 Å². The van der Waals surface area contributed by atoms with Gasteiger partial charge in [-0.05, 0) is 43.3 Å². The smallest absolute Gasteiger partial charge is 0.262 e. The molecule has 0 spiro atoms. The maximum Gasteiger partial charge on any atom is 0.262 e. The summed E-state index contributed by atoms with van der Waals surface area (Å²) in [6.45, 7) is 1.57. The van der Waals surface area contributed by atoms with E-state index in [4.69, 9.17) is 14.0 Å². The number of methoxy groups -OCH3 is 2. The van der Waals surface area contributed by atoms with Crippen LogP contribution >= 0.6 is 0 Å². The van der Waals surface area contributed by atoms with Crippen molar-refractivity contribution in [2.24, 2.45) is 0 Å². The van der Waals surface area contributed by atoms with E-state index in [1.54, 1.807) is 56.5 Å². The Kier molecular flexibility index (Phi) is 5.31. The van der Waals surface area contributed by atoms with Crippen molar-refractivity contribution in [3.8, 4) is 34.3 Å². The molecule has 0 bridgehead atoms. The van der Waals surface area contributed by atoms with Crippen LogP contribution in [0.4, 0.5) is 5.69 Å². The summed E-state index contributed by atoms with van der Waals surface area (Å²) in [5.41, 5.74) is 1.77. The highest BCUT2D eigenvalue weighted by atomic mass is 32.2. The van der Waals surface area contributed by atoms with E-state index in [-0.39, 0.29) is 11.6 Å². The predicted molar refractivity (Wildman–Crippen MR) is 101 cm³/mol. The Morgan fingerprint density at radius 1 is 1.07 bits per heavy atom. The quantitative estimate of drug-likeness (QED) is 0.662. The largest absolute Gasteiger partial charge is 0.493 e. The van der Waals surface area contributed by atoms with Crippen LogP contribution in [0.1, 0.15) is 6.92 Å². The number of hydrogen-bond acceptors (Lipinski definition) is 7. The predicted octanol–water partition coefficient (Wildman–Crippen LogP) is 3.18. The van der Waals surface area contributed by atoms with Gasteiger partial charge in [0.1, 0.15) is 0 Å². The molecule has 2 aromatic carbocycles. The molecule has 0 saturated carbocycles. The maximum atomic E-state index is 11.6. The van der Waals surface area contributed by atoms with E-state index in [9.17, 15) is 8.42 Å². The van der Waals surface area contributed by atoms with Crippen molar-refractivity contribution in [3.05, 3.63) is 42.5 Å². The fourth-order valence-electron chi connectivity index (χ4n) is 2.44. The van der Waals surface area contributed by atoms with Crippen LogP contribution in [0.25, 0.3) is 22.8 Å². The lowest BCUT2D eigenvalue weighted by atomic mass is 10.1. The first-order valence-electron chi connectivity index (χ1n) is 8.13. The molecular weight excluding hydrogens is 370 g/mol. The molecule has 0 atom stereocenters. The summed E-state index contributed by atoms with van der Waals surface area (Å²) in [6, 6.07) is 12.1. The molecule has 1 N–H and O–H groups in total. The third-order valence-corrected chi connectivity index (χ3v) is 5.16. The molecule has 0 unspecified atom stereocenters. The van der Waals surface area contributed by atoms with Gasteiger partial charge in [-0.1, -0.05) is 11.2 Å². The van der Waals surface area contributed by atoms with Crippen molar-refractivity contribution in [2.75, 3.05) is 24.7 Å². The summed E-state index contributed by atoms with van der Waals surface area (Å²) in [5, 5.41) is 3.99. The Balaban J connectivity index is 1.89. The minimum absolute atomic E-state index is 0.00528. The summed E-state index contributed by atoms with van der Waals surface area (Å²) >= 11 is 0. The van der Waals surface area contributed by atoms with Gasteiger partial charge < -0.3 is 14.0 Å². The third kappa shape index (κ3) is 4.03. The zero-order valence-corrected chi connectivity index (χ0v) is 15.9. The number of sulfonamides is 1. The molecule has 142 valence electrons. The van der Waals surface area contributed by atoms with E-state index in [1.807, 2.05) is 0 Å². The Bertz CT molecular complexity index is 1030. The van der Waals surface area contributed by atoms with E-state index >= 15 is 0 Å². The first-order chi connectivity index (χ1) is 13.0. The summed E-state index contributed by atoms with van der Waals surface area (Å²) in [7, 11) is -0.235. The van der Waals surface area contributed by atoms with Crippen LogP contribution in [-0.2, 0) is 10.0 Å². The number of nitrogens with zero attached hydrogens (tertiary/aromatic N) is 2. The molecule has 0 saturated heterocycles. The van der Waals surface area contributed by atoms with Crippen molar-refractivity contribution >= 4 is 15.7 Å². The molecule has 27 heavy (non-hydrogen) atoms. The van der Waals surface area contributed by atoms with Gasteiger partial charge in [0.2, 0.25) is 15.8 Å². The number of rotatable bonds is 7. The van der Waals surface area contributed by atoms with Crippen LogP contribution in [0, 0.1) is 0 Å². The molecule has 0 radical (unpaired) electrons. The second-order valence-electron chi connectivity index (χ2n) is 5.55. The Morgan fingerprint density at radius 3 is 2.44 bits per heavy atom. The molecule has 0 aliphatic heterocycles. The van der Waals surface area contributed by atoms with Crippen LogP contribution < -0.4 is 14.2 Å². The highest BCUT2D eigenvalue weighted by Gasteiger charge is 2.18. The minimum Gasteiger partial charge on any atom is -0.493 e. The SMILES string of the molecule is CCS(=O)(=O)Nc1ccc(-c2noc(-c3cccc(OC)c3OC)n2)cc1. The summed E-state index contributed by atoms with van der Waals surface area (Å²) in [6.07, 6.45) is 0. The highest BCUT2D eigenvalue weighted by molar-refractivity contribution is 7.92. The number of hydrogen-bond donors (Lipinski definition) is 1. The Morgan fingerprint density at radius 2 is 1.81 bits per heavy atom. The molecule has 0 amide bonds. The molecule has 1 heterocycles. The summed E-state index contributed by atoms with van der Waals surface area (Å²) in [5.74, 6) is 1.73. The molecule has 1 aromatic heterocycles. The van der Waals surface area contributed by atoms with Gasteiger partial charge in [-0.2, -0.15) is 4.98 Å². The zero-order valence-electron chi connectivity index (χ0n) is 15.1. The van der Waals surface area contributed by atoms with Gasteiger partial charge in [0.25, 0.3) is 5.89 Å². The van der Waals surface area contributed by atoms with Gasteiger partial charge in [0.05, 0.1) is 25.5 Å². The van der Waals surface area contributed by atoms with Crippen LogP contribution in [0.15, 0.2) is 47.0 Å². The highest BCUT2D eigenvalue weighted by Crippen LogP contribution is 2.37. The summed E-state index contributed by atoms with van der Waals surface area (Å²) in [4.78, 5) is 4.40. The zero-order chi connectivity index (χ0) is 19.4. The van der Waals surface area contributed by atoms with Gasteiger partial charge in [-0.25, -0.2) is 8.42 Å². The fourth-order valence-corrected chi connectivity index (χ4v) is 3.08. The van der Waals surface area contributed by atoms with Crippen LogP contribution in [0.5, 0.6) is 11.5 Å². The summed E-state index contributed by atoms with van der Waals surface area (Å²) < 4.78 is 41.8. The lowest BCUT2D eigenvalue weighted by Crippen LogP contribution is -2.14. The average Bonchev–Trinajstić information content (AvgIpc) is 3.17. The van der Waals surface area contributed by atoms with Crippen LogP contribution in [-0.4, -0.2) is 38.5 Å². The van der Waals surface area contributed by atoms with E-state index in [0.29, 0.717) is 34.1 Å². The van der Waals surface area contributed by atoms with Gasteiger partial charge in [0.15, 0.2) is 11.5 Å². The van der Waals surface area contributed by atoms with E-state index < -0.39 is 10.0 Å². The topological polar surface area (TPSA) is 104 Å². The standard InChI is InChI=1S/C18H19N3O5S/c1-4-27(22,23)21-13-10-8-12(9-11-13)17-19-18(26-20-17)14-6-5-7-15(24-2)16(14)25-3/h5-11,21H,4H2,1-3H3. The monoisotopic (exact) mass is 389 g/mol. The second kappa shape index (κ2) is 7.67. The number of para-hydroxylation sites is 1. The van der Waals surface area contributed by atoms with Crippen LogP contribution in [0.2, 0.25) is 0 Å². The Hall–Kier alpha value is -3.07. The Labute approximate surface area is 157 Å². The molecule has 8 nitrogen and oxygen atoms in total. The van der Waals surface area contributed by atoms with Gasteiger partial charge in [-0.3, -0.25) is 4.72 Å². The first-order valence-corrected chi connectivity index (χ1v) is 9.78. The number of ether oxygens (including phenoxy) is 2. The van der Waals surface area contributed by atoms with Gasteiger partial charge in [-0.15, -0.1) is 0 Å². The minimum atomic E-state index is -3.32. The normalized spacial score (nSPS) is 11.2. The van der Waals surface area contributed by atoms with Crippen molar-refractivity contribution in [1.29, 1.82) is 0 Å². The maximum absolute atomic E-state index is 11.6. The number of aromatic nitrogens is 2.